The predicted molar refractivity (Wildman–Crippen MR) is 158 cm³/mol. The van der Waals surface area contributed by atoms with Crippen LogP contribution in [0, 0.1) is 6.92 Å². The van der Waals surface area contributed by atoms with Crippen molar-refractivity contribution in [2.24, 2.45) is 0 Å². The molecule has 1 N–H and O–H groups in total. The Morgan fingerprint density at radius 3 is 2.23 bits per heavy atom. The molecule has 0 spiro atoms. The fourth-order valence-corrected chi connectivity index (χ4v) is 5.55. The molecule has 0 saturated heterocycles. The standard InChI is InChI=1S/C30H36ClN3O5S/c1-6-22(3)32-30(36)23(4)33(19-24-10-14-27(39-5)15-11-24)29(35)20-34(26-9-7-8-21(2)18-26)40(37,38)28-16-12-25(31)13-17-28/h7-18,22-23H,6,19-20H2,1-5H3,(H,32,36)/t22-,23+/m1/s1. The van der Waals surface area contributed by atoms with E-state index in [4.69, 9.17) is 16.3 Å². The number of amides is 2. The third kappa shape index (κ3) is 7.76. The van der Waals surface area contributed by atoms with Gasteiger partial charge in [-0.3, -0.25) is 13.9 Å². The Morgan fingerprint density at radius 2 is 1.65 bits per heavy atom. The van der Waals surface area contributed by atoms with Crippen LogP contribution in [0.25, 0.3) is 0 Å². The average molecular weight is 586 g/mol. The van der Waals surface area contributed by atoms with Gasteiger partial charge in [-0.25, -0.2) is 8.42 Å². The van der Waals surface area contributed by atoms with Gasteiger partial charge in [0.25, 0.3) is 10.0 Å². The maximum Gasteiger partial charge on any atom is 0.264 e. The quantitative estimate of drug-likeness (QED) is 0.316. The molecule has 3 aromatic rings. The summed E-state index contributed by atoms with van der Waals surface area (Å²) in [6.45, 7) is 6.92. The van der Waals surface area contributed by atoms with E-state index >= 15 is 0 Å². The van der Waals surface area contributed by atoms with E-state index in [2.05, 4.69) is 5.32 Å². The minimum Gasteiger partial charge on any atom is -0.497 e. The Kier molecular flexibility index (Phi) is 10.6. The molecule has 0 fully saturated rings. The molecule has 0 aliphatic carbocycles. The Morgan fingerprint density at radius 1 is 1.00 bits per heavy atom. The van der Waals surface area contributed by atoms with Crippen LogP contribution >= 0.6 is 11.6 Å². The molecular formula is C30H36ClN3O5S. The first kappa shape index (κ1) is 31.0. The van der Waals surface area contributed by atoms with Crippen molar-refractivity contribution in [3.8, 4) is 5.75 Å². The van der Waals surface area contributed by atoms with Gasteiger partial charge in [0.2, 0.25) is 11.8 Å². The van der Waals surface area contributed by atoms with Crippen LogP contribution in [0.15, 0.2) is 77.7 Å². The summed E-state index contributed by atoms with van der Waals surface area (Å²) in [5.74, 6) is -0.190. The van der Waals surface area contributed by atoms with E-state index < -0.39 is 28.5 Å². The van der Waals surface area contributed by atoms with Crippen molar-refractivity contribution in [1.29, 1.82) is 0 Å². The Balaban J connectivity index is 2.02. The van der Waals surface area contributed by atoms with Gasteiger partial charge in [0.15, 0.2) is 0 Å². The topological polar surface area (TPSA) is 96.0 Å². The molecule has 10 heteroatoms. The molecule has 2 atom stereocenters. The molecule has 40 heavy (non-hydrogen) atoms. The smallest absolute Gasteiger partial charge is 0.264 e. The molecule has 0 unspecified atom stereocenters. The molecule has 0 radical (unpaired) electrons. The lowest BCUT2D eigenvalue weighted by Crippen LogP contribution is -2.52. The van der Waals surface area contributed by atoms with E-state index in [1.54, 1.807) is 56.5 Å². The fourth-order valence-electron chi connectivity index (χ4n) is 4.02. The number of anilines is 1. The SMILES string of the molecule is CC[C@@H](C)NC(=O)[C@H](C)N(Cc1ccc(OC)cc1)C(=O)CN(c1cccc(C)c1)S(=O)(=O)c1ccc(Cl)cc1. The highest BCUT2D eigenvalue weighted by molar-refractivity contribution is 7.92. The monoisotopic (exact) mass is 585 g/mol. The Labute approximate surface area is 241 Å². The number of methoxy groups -OCH3 is 1. The first-order valence-electron chi connectivity index (χ1n) is 13.0. The number of carbonyl (C=O) groups is 2. The van der Waals surface area contributed by atoms with Crippen LogP contribution in [0.4, 0.5) is 5.69 Å². The summed E-state index contributed by atoms with van der Waals surface area (Å²) in [5, 5.41) is 3.32. The zero-order valence-electron chi connectivity index (χ0n) is 23.4. The molecular weight excluding hydrogens is 550 g/mol. The van der Waals surface area contributed by atoms with Crippen LogP contribution in [0.2, 0.25) is 5.02 Å². The Hall–Kier alpha value is -3.56. The molecule has 214 valence electrons. The van der Waals surface area contributed by atoms with Crippen LogP contribution in [-0.2, 0) is 26.2 Å². The first-order valence-corrected chi connectivity index (χ1v) is 14.9. The summed E-state index contributed by atoms with van der Waals surface area (Å²) in [4.78, 5) is 28.5. The van der Waals surface area contributed by atoms with Gasteiger partial charge in [-0.2, -0.15) is 0 Å². The molecule has 0 aliphatic rings. The summed E-state index contributed by atoms with van der Waals surface area (Å²) in [6, 6.07) is 18.9. The van der Waals surface area contributed by atoms with Gasteiger partial charge in [-0.15, -0.1) is 0 Å². The number of hydrogen-bond donors (Lipinski definition) is 1. The van der Waals surface area contributed by atoms with Crippen molar-refractivity contribution in [3.63, 3.8) is 0 Å². The summed E-state index contributed by atoms with van der Waals surface area (Å²) < 4.78 is 34.0. The summed E-state index contributed by atoms with van der Waals surface area (Å²) >= 11 is 6.00. The van der Waals surface area contributed by atoms with Gasteiger partial charge >= 0.3 is 0 Å². The van der Waals surface area contributed by atoms with Crippen LogP contribution in [0.3, 0.4) is 0 Å². The van der Waals surface area contributed by atoms with Crippen LogP contribution in [-0.4, -0.2) is 50.9 Å². The summed E-state index contributed by atoms with van der Waals surface area (Å²) in [5.41, 5.74) is 1.93. The fraction of sp³-hybridized carbons (Fsp3) is 0.333. The normalized spacial score (nSPS) is 12.8. The number of benzene rings is 3. The van der Waals surface area contributed by atoms with Crippen LogP contribution < -0.4 is 14.4 Å². The van der Waals surface area contributed by atoms with Gasteiger partial charge in [-0.1, -0.05) is 42.8 Å². The maximum absolute atomic E-state index is 14.0. The van der Waals surface area contributed by atoms with Gasteiger partial charge in [-0.05, 0) is 86.8 Å². The van der Waals surface area contributed by atoms with Crippen LogP contribution in [0.1, 0.15) is 38.3 Å². The number of aryl methyl sites for hydroxylation is 1. The molecule has 2 amide bonds. The largest absolute Gasteiger partial charge is 0.497 e. The van der Waals surface area contributed by atoms with E-state index in [9.17, 15) is 18.0 Å². The number of hydrogen-bond acceptors (Lipinski definition) is 5. The van der Waals surface area contributed by atoms with Crippen molar-refractivity contribution in [2.45, 2.75) is 57.6 Å². The van der Waals surface area contributed by atoms with Crippen molar-refractivity contribution >= 4 is 39.1 Å². The third-order valence-electron chi connectivity index (χ3n) is 6.65. The van der Waals surface area contributed by atoms with Crippen molar-refractivity contribution in [1.82, 2.24) is 10.2 Å². The number of nitrogens with one attached hydrogen (secondary N) is 1. The number of halogens is 1. The molecule has 0 aromatic heterocycles. The molecule has 0 bridgehead atoms. The zero-order chi connectivity index (χ0) is 29.4. The second-order valence-electron chi connectivity index (χ2n) is 9.67. The second-order valence-corrected chi connectivity index (χ2v) is 12.0. The lowest BCUT2D eigenvalue weighted by atomic mass is 10.1. The van der Waals surface area contributed by atoms with E-state index in [1.165, 1.54) is 29.2 Å². The van der Waals surface area contributed by atoms with Crippen molar-refractivity contribution in [3.05, 3.63) is 88.9 Å². The average Bonchev–Trinajstić information content (AvgIpc) is 2.94. The third-order valence-corrected chi connectivity index (χ3v) is 8.69. The summed E-state index contributed by atoms with van der Waals surface area (Å²) in [6.07, 6.45) is 0.728. The maximum atomic E-state index is 14.0. The number of carbonyl (C=O) groups excluding carboxylic acids is 2. The van der Waals surface area contributed by atoms with Gasteiger partial charge in [0, 0.05) is 17.6 Å². The number of nitrogens with zero attached hydrogens (tertiary/aromatic N) is 2. The minimum absolute atomic E-state index is 0.00419. The number of ether oxygens (including phenoxy) is 1. The van der Waals surface area contributed by atoms with E-state index in [0.29, 0.717) is 16.5 Å². The highest BCUT2D eigenvalue weighted by Crippen LogP contribution is 2.26. The minimum atomic E-state index is -4.16. The lowest BCUT2D eigenvalue weighted by molar-refractivity contribution is -0.139. The van der Waals surface area contributed by atoms with E-state index in [0.717, 1.165) is 21.9 Å². The lowest BCUT2D eigenvalue weighted by Gasteiger charge is -2.32. The Bertz CT molecular complexity index is 1410. The second kappa shape index (κ2) is 13.7. The number of rotatable bonds is 12. The molecule has 0 saturated carbocycles. The molecule has 0 heterocycles. The molecule has 0 aliphatic heterocycles. The molecule has 8 nitrogen and oxygen atoms in total. The zero-order valence-corrected chi connectivity index (χ0v) is 25.0. The highest BCUT2D eigenvalue weighted by atomic mass is 35.5. The van der Waals surface area contributed by atoms with E-state index in [-0.39, 0.29) is 23.4 Å². The molecule has 3 aromatic carbocycles. The van der Waals surface area contributed by atoms with Gasteiger partial charge in [0.05, 0.1) is 17.7 Å². The van der Waals surface area contributed by atoms with Gasteiger partial charge in [0.1, 0.15) is 18.3 Å². The summed E-state index contributed by atoms with van der Waals surface area (Å²) in [7, 11) is -2.59. The highest BCUT2D eigenvalue weighted by Gasteiger charge is 2.32. The van der Waals surface area contributed by atoms with Crippen LogP contribution in [0.5, 0.6) is 5.75 Å². The predicted octanol–water partition coefficient (Wildman–Crippen LogP) is 5.18. The van der Waals surface area contributed by atoms with Gasteiger partial charge < -0.3 is 15.0 Å². The van der Waals surface area contributed by atoms with E-state index in [1.807, 2.05) is 26.8 Å². The van der Waals surface area contributed by atoms with Crippen molar-refractivity contribution < 1.29 is 22.7 Å². The molecule has 3 rings (SSSR count). The first-order chi connectivity index (χ1) is 19.0. The number of sulfonamides is 1. The van der Waals surface area contributed by atoms with Crippen molar-refractivity contribution in [2.75, 3.05) is 18.0 Å².